The maximum absolute atomic E-state index is 5.53. The summed E-state index contributed by atoms with van der Waals surface area (Å²) in [4.78, 5) is 4.71. The van der Waals surface area contributed by atoms with Crippen molar-refractivity contribution in [2.24, 2.45) is 5.92 Å². The van der Waals surface area contributed by atoms with E-state index in [1.807, 2.05) is 12.1 Å². The number of rotatable bonds is 6. The van der Waals surface area contributed by atoms with Crippen LogP contribution in [0.1, 0.15) is 19.4 Å². The van der Waals surface area contributed by atoms with Gasteiger partial charge < -0.3 is 14.5 Å². The Labute approximate surface area is 134 Å². The van der Waals surface area contributed by atoms with Crippen LogP contribution in [0.15, 0.2) is 42.6 Å². The van der Waals surface area contributed by atoms with Crippen LogP contribution in [-0.4, -0.2) is 50.1 Å². The summed E-state index contributed by atoms with van der Waals surface area (Å²) in [5, 5.41) is 0. The first-order chi connectivity index (χ1) is 10.6. The van der Waals surface area contributed by atoms with Gasteiger partial charge >= 0.3 is 0 Å². The zero-order valence-electron chi connectivity index (χ0n) is 14.3. The van der Waals surface area contributed by atoms with Gasteiger partial charge in [-0.25, -0.2) is 0 Å². The Morgan fingerprint density at radius 1 is 1.32 bits per heavy atom. The maximum Gasteiger partial charge on any atom is 0.126 e. The van der Waals surface area contributed by atoms with Crippen LogP contribution in [0.2, 0.25) is 0 Å². The van der Waals surface area contributed by atoms with E-state index in [0.717, 1.165) is 31.9 Å². The van der Waals surface area contributed by atoms with Crippen molar-refractivity contribution in [1.29, 1.82) is 0 Å². The van der Waals surface area contributed by atoms with Crippen molar-refractivity contribution in [3.8, 4) is 5.75 Å². The molecule has 22 heavy (non-hydrogen) atoms. The molecule has 3 nitrogen and oxygen atoms in total. The third-order valence-corrected chi connectivity index (χ3v) is 4.40. The molecule has 1 heterocycles. The number of hydrogen-bond donors (Lipinski definition) is 0. The van der Waals surface area contributed by atoms with Crippen molar-refractivity contribution in [3.05, 3.63) is 48.2 Å². The van der Waals surface area contributed by atoms with E-state index in [2.05, 4.69) is 55.5 Å². The van der Waals surface area contributed by atoms with Crippen molar-refractivity contribution in [2.45, 2.75) is 13.8 Å². The monoisotopic (exact) mass is 300 g/mol. The van der Waals surface area contributed by atoms with Crippen molar-refractivity contribution in [2.75, 3.05) is 40.3 Å². The van der Waals surface area contributed by atoms with Gasteiger partial charge in [-0.3, -0.25) is 0 Å². The van der Waals surface area contributed by atoms with Crippen molar-refractivity contribution < 1.29 is 4.74 Å². The van der Waals surface area contributed by atoms with Crippen LogP contribution in [0.3, 0.4) is 0 Å². The first-order valence-corrected chi connectivity index (χ1v) is 8.07. The first kappa shape index (κ1) is 16.6. The summed E-state index contributed by atoms with van der Waals surface area (Å²) >= 11 is 0. The summed E-state index contributed by atoms with van der Waals surface area (Å²) < 4.78 is 5.53. The lowest BCUT2D eigenvalue weighted by Gasteiger charge is -2.35. The molecule has 1 atom stereocenters. The highest BCUT2D eigenvalue weighted by Gasteiger charge is 2.23. The van der Waals surface area contributed by atoms with Crippen molar-refractivity contribution in [1.82, 2.24) is 9.80 Å². The number of ether oxygens (including phenoxy) is 1. The summed E-state index contributed by atoms with van der Waals surface area (Å²) in [6.07, 6.45) is 2.37. The maximum atomic E-state index is 5.53. The predicted molar refractivity (Wildman–Crippen MR) is 94.0 cm³/mol. The summed E-state index contributed by atoms with van der Waals surface area (Å²) in [7, 11) is 3.91. The van der Waals surface area contributed by atoms with E-state index < -0.39 is 0 Å². The van der Waals surface area contributed by atoms with E-state index >= 15 is 0 Å². The number of nitrogens with zero attached hydrogens (tertiary/aromatic N) is 2. The zero-order chi connectivity index (χ0) is 16.1. The summed E-state index contributed by atoms with van der Waals surface area (Å²) in [6, 6.07) is 8.25. The second-order valence-electron chi connectivity index (χ2n) is 5.86. The van der Waals surface area contributed by atoms with Crippen LogP contribution in [0, 0.1) is 5.92 Å². The minimum absolute atomic E-state index is 0.360. The lowest BCUT2D eigenvalue weighted by molar-refractivity contribution is 0.284. The molecule has 1 aliphatic heterocycles. The molecule has 0 bridgehead atoms. The second-order valence-corrected chi connectivity index (χ2v) is 5.86. The predicted octanol–water partition coefficient (Wildman–Crippen LogP) is 3.50. The van der Waals surface area contributed by atoms with E-state index in [1.165, 1.54) is 16.8 Å². The number of hydrogen-bond acceptors (Lipinski definition) is 3. The largest absolute Gasteiger partial charge is 0.496 e. The van der Waals surface area contributed by atoms with Gasteiger partial charge in [-0.1, -0.05) is 30.9 Å². The Balaban J connectivity index is 2.33. The molecule has 0 unspecified atom stereocenters. The number of benzene rings is 1. The zero-order valence-corrected chi connectivity index (χ0v) is 14.3. The minimum Gasteiger partial charge on any atom is -0.496 e. The highest BCUT2D eigenvalue weighted by Crippen LogP contribution is 2.32. The Morgan fingerprint density at radius 3 is 2.64 bits per heavy atom. The molecule has 0 radical (unpaired) electrons. The molecule has 1 aliphatic rings. The van der Waals surface area contributed by atoms with E-state index in [0.29, 0.717) is 5.92 Å². The molecule has 0 saturated carbocycles. The van der Waals surface area contributed by atoms with Gasteiger partial charge in [-0.2, -0.15) is 0 Å². The number of para-hydroxylation sites is 1. The van der Waals surface area contributed by atoms with Crippen molar-refractivity contribution in [3.63, 3.8) is 0 Å². The molecule has 120 valence electrons. The average Bonchev–Trinajstić information content (AvgIpc) is 2.55. The van der Waals surface area contributed by atoms with E-state index in [1.54, 1.807) is 7.11 Å². The third kappa shape index (κ3) is 3.53. The van der Waals surface area contributed by atoms with Gasteiger partial charge in [0.1, 0.15) is 5.75 Å². The molecule has 0 amide bonds. The van der Waals surface area contributed by atoms with Crippen LogP contribution in [0.4, 0.5) is 0 Å². The Hall–Kier alpha value is -1.74. The smallest absolute Gasteiger partial charge is 0.126 e. The Morgan fingerprint density at radius 2 is 2.00 bits per heavy atom. The van der Waals surface area contributed by atoms with E-state index in [9.17, 15) is 0 Å². The van der Waals surface area contributed by atoms with E-state index in [-0.39, 0.29) is 0 Å². The fourth-order valence-electron chi connectivity index (χ4n) is 3.19. The van der Waals surface area contributed by atoms with Crippen LogP contribution >= 0.6 is 0 Å². The van der Waals surface area contributed by atoms with Gasteiger partial charge in [-0.05, 0) is 32.5 Å². The minimum atomic E-state index is 0.360. The summed E-state index contributed by atoms with van der Waals surface area (Å²) in [5.74, 6) is 1.30. The SMILES string of the molecule is C=C([C@@H]1C=C(c2ccccc2OC)CN(C)C1)N(CC)CC. The first-order valence-electron chi connectivity index (χ1n) is 8.07. The molecule has 1 aromatic carbocycles. The van der Waals surface area contributed by atoms with Gasteiger partial charge in [0.2, 0.25) is 0 Å². The third-order valence-electron chi connectivity index (χ3n) is 4.40. The highest BCUT2D eigenvalue weighted by atomic mass is 16.5. The standard InChI is InChI=1S/C19H28N2O/c1-6-21(7-2)15(3)16-12-17(14-20(4)13-16)18-10-8-9-11-19(18)22-5/h8-12,16H,3,6-7,13-14H2,1-2,4-5H3/t16-/m1/s1. The van der Waals surface area contributed by atoms with Gasteiger partial charge in [-0.15, -0.1) is 0 Å². The lowest BCUT2D eigenvalue weighted by Crippen LogP contribution is -2.36. The molecule has 2 rings (SSSR count). The van der Waals surface area contributed by atoms with Crippen LogP contribution in [-0.2, 0) is 0 Å². The molecule has 0 saturated heterocycles. The molecule has 1 aromatic rings. The molecular weight excluding hydrogens is 272 g/mol. The van der Waals surface area contributed by atoms with Crippen molar-refractivity contribution >= 4 is 5.57 Å². The molecular formula is C19H28N2O. The van der Waals surface area contributed by atoms with Gasteiger partial charge in [0.25, 0.3) is 0 Å². The topological polar surface area (TPSA) is 15.7 Å². The lowest BCUT2D eigenvalue weighted by atomic mass is 9.92. The Kier molecular flexibility index (Phi) is 5.67. The highest BCUT2D eigenvalue weighted by molar-refractivity contribution is 5.73. The summed E-state index contributed by atoms with van der Waals surface area (Å²) in [6.45, 7) is 12.7. The fraction of sp³-hybridized carbons (Fsp3) is 0.474. The normalized spacial score (nSPS) is 18.7. The van der Waals surface area contributed by atoms with Crippen LogP contribution in [0.25, 0.3) is 5.57 Å². The molecule has 0 N–H and O–H groups in total. The van der Waals surface area contributed by atoms with E-state index in [4.69, 9.17) is 4.74 Å². The number of methoxy groups -OCH3 is 1. The molecule has 0 fully saturated rings. The molecule has 0 aliphatic carbocycles. The molecule has 0 spiro atoms. The quantitative estimate of drug-likeness (QED) is 0.800. The van der Waals surface area contributed by atoms with Gasteiger partial charge in [0, 0.05) is 43.4 Å². The summed E-state index contributed by atoms with van der Waals surface area (Å²) in [5.41, 5.74) is 3.72. The van der Waals surface area contributed by atoms with Crippen LogP contribution < -0.4 is 4.74 Å². The molecule has 0 aromatic heterocycles. The second kappa shape index (κ2) is 7.50. The number of likely N-dealkylation sites (N-methyl/N-ethyl adjacent to an activating group) is 1. The molecule has 3 heteroatoms. The van der Waals surface area contributed by atoms with Gasteiger partial charge in [0.05, 0.1) is 7.11 Å². The Bertz CT molecular complexity index is 546. The average molecular weight is 300 g/mol. The van der Waals surface area contributed by atoms with Crippen LogP contribution in [0.5, 0.6) is 5.75 Å². The fourth-order valence-corrected chi connectivity index (χ4v) is 3.19. The van der Waals surface area contributed by atoms with Gasteiger partial charge in [0.15, 0.2) is 0 Å².